The molecule has 1 amide bonds. The van der Waals surface area contributed by atoms with E-state index in [2.05, 4.69) is 5.32 Å². The molecule has 5 nitrogen and oxygen atoms in total. The first-order valence-electron chi connectivity index (χ1n) is 6.14. The van der Waals surface area contributed by atoms with Crippen LogP contribution in [0, 0.1) is 6.92 Å². The highest BCUT2D eigenvalue weighted by Crippen LogP contribution is 2.10. The first kappa shape index (κ1) is 14.3. The molecule has 0 unspecified atom stereocenters. The summed E-state index contributed by atoms with van der Waals surface area (Å²) in [6, 6.07) is 7.46. The number of aromatic nitrogens is 1. The normalized spacial score (nSPS) is 10.3. The molecule has 0 aliphatic heterocycles. The second-order valence-electron chi connectivity index (χ2n) is 4.35. The summed E-state index contributed by atoms with van der Waals surface area (Å²) >= 11 is 1.11. The van der Waals surface area contributed by atoms with Crippen LogP contribution in [0.15, 0.2) is 34.4 Å². The monoisotopic (exact) mass is 292 g/mol. The van der Waals surface area contributed by atoms with E-state index in [1.165, 1.54) is 4.57 Å². The van der Waals surface area contributed by atoms with Crippen LogP contribution < -0.4 is 14.9 Å². The zero-order chi connectivity index (χ0) is 14.5. The Kier molecular flexibility index (Phi) is 4.57. The van der Waals surface area contributed by atoms with Gasteiger partial charge in [-0.2, -0.15) is 0 Å². The van der Waals surface area contributed by atoms with Crippen molar-refractivity contribution in [3.8, 4) is 5.75 Å². The Morgan fingerprint density at radius 3 is 2.60 bits per heavy atom. The lowest BCUT2D eigenvalue weighted by molar-refractivity contribution is -0.121. The Hall–Kier alpha value is -2.08. The fourth-order valence-electron chi connectivity index (χ4n) is 1.74. The fourth-order valence-corrected chi connectivity index (χ4v) is 2.47. The molecular weight excluding hydrogens is 276 g/mol. The van der Waals surface area contributed by atoms with Crippen molar-refractivity contribution in [3.05, 3.63) is 50.6 Å². The number of nitrogens with one attached hydrogen (secondary N) is 1. The molecular formula is C14H16N2O3S. The summed E-state index contributed by atoms with van der Waals surface area (Å²) in [5, 5.41) is 4.54. The van der Waals surface area contributed by atoms with Crippen molar-refractivity contribution in [2.45, 2.75) is 20.0 Å². The van der Waals surface area contributed by atoms with E-state index in [9.17, 15) is 9.59 Å². The van der Waals surface area contributed by atoms with Gasteiger partial charge in [-0.1, -0.05) is 23.5 Å². The second-order valence-corrected chi connectivity index (χ2v) is 5.17. The van der Waals surface area contributed by atoms with Crippen LogP contribution in [-0.4, -0.2) is 17.6 Å². The molecule has 2 rings (SSSR count). The summed E-state index contributed by atoms with van der Waals surface area (Å²) in [6.07, 6.45) is 0. The molecule has 0 fully saturated rings. The maximum atomic E-state index is 11.8. The van der Waals surface area contributed by atoms with Crippen LogP contribution in [-0.2, 0) is 17.9 Å². The van der Waals surface area contributed by atoms with Gasteiger partial charge in [0.2, 0.25) is 5.91 Å². The van der Waals surface area contributed by atoms with Gasteiger partial charge < -0.3 is 10.1 Å². The van der Waals surface area contributed by atoms with E-state index in [-0.39, 0.29) is 17.3 Å². The van der Waals surface area contributed by atoms with E-state index in [4.69, 9.17) is 4.74 Å². The first-order valence-corrected chi connectivity index (χ1v) is 7.02. The highest BCUT2D eigenvalue weighted by atomic mass is 32.1. The van der Waals surface area contributed by atoms with Gasteiger partial charge >= 0.3 is 4.87 Å². The highest BCUT2D eigenvalue weighted by Gasteiger charge is 2.08. The maximum Gasteiger partial charge on any atom is 0.307 e. The van der Waals surface area contributed by atoms with Crippen molar-refractivity contribution in [1.82, 2.24) is 9.88 Å². The Balaban J connectivity index is 1.90. The summed E-state index contributed by atoms with van der Waals surface area (Å²) in [6.45, 7) is 2.31. The molecule has 1 heterocycles. The minimum Gasteiger partial charge on any atom is -0.497 e. The van der Waals surface area contributed by atoms with Gasteiger partial charge in [-0.05, 0) is 24.6 Å². The van der Waals surface area contributed by atoms with Gasteiger partial charge in [0.05, 0.1) is 7.11 Å². The smallest absolute Gasteiger partial charge is 0.307 e. The van der Waals surface area contributed by atoms with Gasteiger partial charge in [0.25, 0.3) is 0 Å². The van der Waals surface area contributed by atoms with E-state index >= 15 is 0 Å². The van der Waals surface area contributed by atoms with Crippen LogP contribution >= 0.6 is 11.3 Å². The topological polar surface area (TPSA) is 60.3 Å². The molecule has 0 atom stereocenters. The van der Waals surface area contributed by atoms with Crippen molar-refractivity contribution >= 4 is 17.2 Å². The molecule has 20 heavy (non-hydrogen) atoms. The highest BCUT2D eigenvalue weighted by molar-refractivity contribution is 7.07. The van der Waals surface area contributed by atoms with Gasteiger partial charge in [-0.25, -0.2) is 0 Å². The summed E-state index contributed by atoms with van der Waals surface area (Å²) in [5.41, 5.74) is 1.79. The molecule has 1 N–H and O–H groups in total. The molecule has 0 aliphatic carbocycles. The van der Waals surface area contributed by atoms with Crippen molar-refractivity contribution < 1.29 is 9.53 Å². The lowest BCUT2D eigenvalue weighted by Gasteiger charge is -2.07. The quantitative estimate of drug-likeness (QED) is 0.909. The van der Waals surface area contributed by atoms with Gasteiger partial charge in [0, 0.05) is 17.6 Å². The number of aryl methyl sites for hydroxylation is 1. The van der Waals surface area contributed by atoms with Crippen molar-refractivity contribution in [2.75, 3.05) is 7.11 Å². The Morgan fingerprint density at radius 2 is 2.05 bits per heavy atom. The Bertz CT molecular complexity index is 643. The Labute approximate surface area is 120 Å². The first-order chi connectivity index (χ1) is 9.60. The molecule has 1 aromatic heterocycles. The van der Waals surface area contributed by atoms with Gasteiger partial charge in [0.15, 0.2) is 0 Å². The number of benzene rings is 1. The number of thiazole rings is 1. The number of rotatable bonds is 5. The second kappa shape index (κ2) is 6.38. The number of amides is 1. The van der Waals surface area contributed by atoms with Crippen LogP contribution in [0.25, 0.3) is 0 Å². The molecule has 0 radical (unpaired) electrons. The van der Waals surface area contributed by atoms with Crippen molar-refractivity contribution in [3.63, 3.8) is 0 Å². The number of carbonyl (C=O) groups is 1. The van der Waals surface area contributed by atoms with E-state index in [1.807, 2.05) is 31.2 Å². The largest absolute Gasteiger partial charge is 0.497 e. The number of nitrogens with zero attached hydrogens (tertiary/aromatic N) is 1. The molecule has 0 saturated heterocycles. The van der Waals surface area contributed by atoms with Crippen LogP contribution in [0.1, 0.15) is 11.3 Å². The average molecular weight is 292 g/mol. The maximum absolute atomic E-state index is 11.8. The standard InChI is InChI=1S/C14H16N2O3S/c1-10-9-20-14(18)16(10)8-13(17)15-7-11-3-5-12(19-2)6-4-11/h3-6,9H,7-8H2,1-2H3,(H,15,17). The predicted octanol–water partition coefficient (Wildman–Crippen LogP) is 1.54. The number of ether oxygens (including phenoxy) is 1. The fraction of sp³-hybridized carbons (Fsp3) is 0.286. The molecule has 106 valence electrons. The van der Waals surface area contributed by atoms with Gasteiger partial charge in [-0.15, -0.1) is 0 Å². The zero-order valence-electron chi connectivity index (χ0n) is 11.4. The third kappa shape index (κ3) is 3.48. The third-order valence-corrected chi connectivity index (χ3v) is 3.81. The van der Waals surface area contributed by atoms with Crippen molar-refractivity contribution in [1.29, 1.82) is 0 Å². The summed E-state index contributed by atoms with van der Waals surface area (Å²) in [4.78, 5) is 23.2. The van der Waals surface area contributed by atoms with E-state index in [1.54, 1.807) is 12.5 Å². The van der Waals surface area contributed by atoms with Crippen LogP contribution in [0.3, 0.4) is 0 Å². The molecule has 2 aromatic rings. The van der Waals surface area contributed by atoms with Crippen LogP contribution in [0.5, 0.6) is 5.75 Å². The molecule has 0 spiro atoms. The summed E-state index contributed by atoms with van der Waals surface area (Å²) in [7, 11) is 1.61. The molecule has 1 aromatic carbocycles. The lowest BCUT2D eigenvalue weighted by atomic mass is 10.2. The van der Waals surface area contributed by atoms with E-state index in [0.29, 0.717) is 6.54 Å². The lowest BCUT2D eigenvalue weighted by Crippen LogP contribution is -2.30. The summed E-state index contributed by atoms with van der Waals surface area (Å²) < 4.78 is 6.53. The third-order valence-electron chi connectivity index (χ3n) is 2.93. The minimum absolute atomic E-state index is 0.0598. The van der Waals surface area contributed by atoms with Crippen LogP contribution in [0.4, 0.5) is 0 Å². The van der Waals surface area contributed by atoms with E-state index in [0.717, 1.165) is 28.3 Å². The predicted molar refractivity (Wildman–Crippen MR) is 78.2 cm³/mol. The molecule has 0 saturated carbocycles. The molecule has 0 aliphatic rings. The number of methoxy groups -OCH3 is 1. The molecule has 0 bridgehead atoms. The average Bonchev–Trinajstić information content (AvgIpc) is 2.77. The molecule has 6 heteroatoms. The number of hydrogen-bond acceptors (Lipinski definition) is 4. The minimum atomic E-state index is -0.176. The Morgan fingerprint density at radius 1 is 1.35 bits per heavy atom. The van der Waals surface area contributed by atoms with Gasteiger partial charge in [-0.3, -0.25) is 14.2 Å². The van der Waals surface area contributed by atoms with Crippen molar-refractivity contribution in [2.24, 2.45) is 0 Å². The number of hydrogen-bond donors (Lipinski definition) is 1. The van der Waals surface area contributed by atoms with Gasteiger partial charge in [0.1, 0.15) is 12.3 Å². The zero-order valence-corrected chi connectivity index (χ0v) is 12.2. The van der Waals surface area contributed by atoms with E-state index < -0.39 is 0 Å². The SMILES string of the molecule is COc1ccc(CNC(=O)Cn2c(C)csc2=O)cc1. The number of carbonyl (C=O) groups excluding carboxylic acids is 1. The van der Waals surface area contributed by atoms with Crippen LogP contribution in [0.2, 0.25) is 0 Å². The summed E-state index contributed by atoms with van der Waals surface area (Å²) in [5.74, 6) is 0.602.